The molecule has 1 aromatic carbocycles. The van der Waals surface area contributed by atoms with Crippen molar-refractivity contribution in [2.45, 2.75) is 18.0 Å². The summed E-state index contributed by atoms with van der Waals surface area (Å²) >= 11 is 0. The number of aliphatic hydroxyl groups excluding tert-OH is 1. The summed E-state index contributed by atoms with van der Waals surface area (Å²) in [6, 6.07) is 5.24. The standard InChI is InChI=1S/C12H14F3NO/c13-12(14,15)10-3-1-2-9(6-10)11(8-17)4-5-16-7-11/h1-3,6,16-17H,4-5,7-8H2. The van der Waals surface area contributed by atoms with Gasteiger partial charge in [-0.3, -0.25) is 0 Å². The number of rotatable bonds is 2. The van der Waals surface area contributed by atoms with Gasteiger partial charge in [0.1, 0.15) is 0 Å². The Balaban J connectivity index is 2.39. The summed E-state index contributed by atoms with van der Waals surface area (Å²) in [6.45, 7) is 1.10. The third-order valence-corrected chi connectivity index (χ3v) is 3.35. The number of nitrogens with one attached hydrogen (secondary N) is 1. The largest absolute Gasteiger partial charge is 0.416 e. The van der Waals surface area contributed by atoms with Crippen molar-refractivity contribution in [2.75, 3.05) is 19.7 Å². The first-order chi connectivity index (χ1) is 7.98. The zero-order chi connectivity index (χ0) is 12.5. The highest BCUT2D eigenvalue weighted by Gasteiger charge is 2.37. The molecule has 94 valence electrons. The van der Waals surface area contributed by atoms with Gasteiger partial charge in [-0.25, -0.2) is 0 Å². The molecule has 1 saturated heterocycles. The summed E-state index contributed by atoms with van der Waals surface area (Å²) in [5.74, 6) is 0. The van der Waals surface area contributed by atoms with Crippen LogP contribution in [0, 0.1) is 0 Å². The Hall–Kier alpha value is -1.07. The van der Waals surface area contributed by atoms with Crippen LogP contribution in [0.4, 0.5) is 13.2 Å². The number of hydrogen-bond acceptors (Lipinski definition) is 2. The van der Waals surface area contributed by atoms with Crippen molar-refractivity contribution in [3.8, 4) is 0 Å². The molecule has 2 nitrogen and oxygen atoms in total. The zero-order valence-electron chi connectivity index (χ0n) is 9.22. The molecule has 0 spiro atoms. The highest BCUT2D eigenvalue weighted by atomic mass is 19.4. The molecule has 1 unspecified atom stereocenters. The highest BCUT2D eigenvalue weighted by molar-refractivity contribution is 5.33. The van der Waals surface area contributed by atoms with Crippen LogP contribution in [0.1, 0.15) is 17.5 Å². The van der Waals surface area contributed by atoms with Crippen molar-refractivity contribution >= 4 is 0 Å². The summed E-state index contributed by atoms with van der Waals surface area (Å²) in [5, 5.41) is 12.5. The fourth-order valence-electron chi connectivity index (χ4n) is 2.24. The van der Waals surface area contributed by atoms with Crippen molar-refractivity contribution in [1.29, 1.82) is 0 Å². The van der Waals surface area contributed by atoms with E-state index in [1.165, 1.54) is 6.07 Å². The van der Waals surface area contributed by atoms with Crippen molar-refractivity contribution in [3.63, 3.8) is 0 Å². The number of benzene rings is 1. The monoisotopic (exact) mass is 245 g/mol. The molecular formula is C12H14F3NO. The van der Waals surface area contributed by atoms with Gasteiger partial charge in [0.15, 0.2) is 0 Å². The Labute approximate surface area is 97.5 Å². The lowest BCUT2D eigenvalue weighted by molar-refractivity contribution is -0.137. The first-order valence-corrected chi connectivity index (χ1v) is 5.47. The molecule has 5 heteroatoms. The maximum atomic E-state index is 12.6. The van der Waals surface area contributed by atoms with Crippen LogP contribution < -0.4 is 5.32 Å². The minimum atomic E-state index is -4.33. The molecule has 1 heterocycles. The van der Waals surface area contributed by atoms with Gasteiger partial charge in [-0.15, -0.1) is 0 Å². The molecule has 0 aromatic heterocycles. The Kier molecular flexibility index (Phi) is 3.14. The van der Waals surface area contributed by atoms with Crippen LogP contribution in [-0.4, -0.2) is 24.8 Å². The lowest BCUT2D eigenvalue weighted by Gasteiger charge is -2.26. The van der Waals surface area contributed by atoms with Crippen molar-refractivity contribution in [2.24, 2.45) is 0 Å². The number of halogens is 3. The van der Waals surface area contributed by atoms with E-state index in [0.29, 0.717) is 18.5 Å². The summed E-state index contributed by atoms with van der Waals surface area (Å²) in [7, 11) is 0. The Bertz CT molecular complexity index is 397. The summed E-state index contributed by atoms with van der Waals surface area (Å²) in [5.41, 5.74) is -0.670. The topological polar surface area (TPSA) is 32.3 Å². The van der Waals surface area contributed by atoms with E-state index in [4.69, 9.17) is 0 Å². The van der Waals surface area contributed by atoms with Crippen LogP contribution in [0.5, 0.6) is 0 Å². The summed E-state index contributed by atoms with van der Waals surface area (Å²) in [4.78, 5) is 0. The second kappa shape index (κ2) is 4.31. The maximum Gasteiger partial charge on any atom is 0.416 e. The van der Waals surface area contributed by atoms with Crippen LogP contribution in [0.3, 0.4) is 0 Å². The van der Waals surface area contributed by atoms with E-state index in [9.17, 15) is 18.3 Å². The van der Waals surface area contributed by atoms with Crippen molar-refractivity contribution in [1.82, 2.24) is 5.32 Å². The molecule has 0 amide bonds. The molecule has 1 aliphatic heterocycles. The van der Waals surface area contributed by atoms with Crippen LogP contribution in [0.15, 0.2) is 24.3 Å². The number of hydrogen-bond donors (Lipinski definition) is 2. The first kappa shape index (κ1) is 12.4. The van der Waals surface area contributed by atoms with E-state index in [2.05, 4.69) is 5.32 Å². The minimum Gasteiger partial charge on any atom is -0.395 e. The van der Waals surface area contributed by atoms with E-state index in [-0.39, 0.29) is 6.61 Å². The molecule has 1 atom stereocenters. The van der Waals surface area contributed by atoms with Gasteiger partial charge in [0.25, 0.3) is 0 Å². The molecule has 0 bridgehead atoms. The fraction of sp³-hybridized carbons (Fsp3) is 0.500. The molecule has 17 heavy (non-hydrogen) atoms. The first-order valence-electron chi connectivity index (χ1n) is 5.47. The molecule has 0 aliphatic carbocycles. The smallest absolute Gasteiger partial charge is 0.395 e. The SMILES string of the molecule is OCC1(c2cccc(C(F)(F)F)c2)CCNC1. The normalized spacial score (nSPS) is 25.2. The third kappa shape index (κ3) is 2.30. The summed E-state index contributed by atoms with van der Waals surface area (Å²) in [6.07, 6.45) is -3.68. The van der Waals surface area contributed by atoms with Crippen LogP contribution >= 0.6 is 0 Å². The van der Waals surface area contributed by atoms with Gasteiger partial charge in [-0.1, -0.05) is 18.2 Å². The highest BCUT2D eigenvalue weighted by Crippen LogP contribution is 2.35. The summed E-state index contributed by atoms with van der Waals surface area (Å²) < 4.78 is 37.8. The molecule has 1 fully saturated rings. The molecule has 2 N–H and O–H groups in total. The van der Waals surface area contributed by atoms with Gasteiger partial charge in [0.05, 0.1) is 12.2 Å². The van der Waals surface area contributed by atoms with E-state index >= 15 is 0 Å². The second-order valence-electron chi connectivity index (χ2n) is 4.44. The van der Waals surface area contributed by atoms with Crippen LogP contribution in [0.25, 0.3) is 0 Å². The molecule has 2 rings (SSSR count). The van der Waals surface area contributed by atoms with E-state index < -0.39 is 17.2 Å². The van der Waals surface area contributed by atoms with Gasteiger partial charge in [0.2, 0.25) is 0 Å². The van der Waals surface area contributed by atoms with E-state index in [1.54, 1.807) is 6.07 Å². The van der Waals surface area contributed by atoms with Gasteiger partial charge in [0, 0.05) is 12.0 Å². The predicted octanol–water partition coefficient (Wildman–Crippen LogP) is 1.93. The fourth-order valence-corrected chi connectivity index (χ4v) is 2.24. The number of alkyl halides is 3. The predicted molar refractivity (Wildman–Crippen MR) is 57.7 cm³/mol. The molecular weight excluding hydrogens is 231 g/mol. The molecule has 1 aromatic rings. The minimum absolute atomic E-state index is 0.138. The van der Waals surface area contributed by atoms with Crippen LogP contribution in [0.2, 0.25) is 0 Å². The Morgan fingerprint density at radius 3 is 2.65 bits per heavy atom. The van der Waals surface area contributed by atoms with Crippen molar-refractivity contribution < 1.29 is 18.3 Å². The zero-order valence-corrected chi connectivity index (χ0v) is 9.22. The maximum absolute atomic E-state index is 12.6. The molecule has 0 radical (unpaired) electrons. The Morgan fingerprint density at radius 1 is 1.35 bits per heavy atom. The van der Waals surface area contributed by atoms with Crippen molar-refractivity contribution in [3.05, 3.63) is 35.4 Å². The van der Waals surface area contributed by atoms with Gasteiger partial charge in [-0.2, -0.15) is 13.2 Å². The third-order valence-electron chi connectivity index (χ3n) is 3.35. The average molecular weight is 245 g/mol. The second-order valence-corrected chi connectivity index (χ2v) is 4.44. The lowest BCUT2D eigenvalue weighted by atomic mass is 9.80. The Morgan fingerprint density at radius 2 is 2.12 bits per heavy atom. The quantitative estimate of drug-likeness (QED) is 0.834. The average Bonchev–Trinajstić information content (AvgIpc) is 2.78. The molecule has 1 aliphatic rings. The molecule has 0 saturated carbocycles. The van der Waals surface area contributed by atoms with E-state index in [1.807, 2.05) is 0 Å². The van der Waals surface area contributed by atoms with E-state index in [0.717, 1.165) is 18.7 Å². The van der Waals surface area contributed by atoms with Gasteiger partial charge in [-0.05, 0) is 24.6 Å². The van der Waals surface area contributed by atoms with Crippen LogP contribution in [-0.2, 0) is 11.6 Å². The van der Waals surface area contributed by atoms with Gasteiger partial charge < -0.3 is 10.4 Å². The lowest BCUT2D eigenvalue weighted by Crippen LogP contribution is -2.33. The van der Waals surface area contributed by atoms with Gasteiger partial charge >= 0.3 is 6.18 Å². The number of aliphatic hydroxyl groups is 1.